The first-order chi connectivity index (χ1) is 12.0. The largest absolute Gasteiger partial charge is 0.497 e. The molecule has 0 aliphatic carbocycles. The molecule has 2 aliphatic rings. The topological polar surface area (TPSA) is 76.2 Å². The van der Waals surface area contributed by atoms with Crippen LogP contribution >= 0.6 is 0 Å². The Kier molecular flexibility index (Phi) is 5.03. The molecule has 0 spiro atoms. The Morgan fingerprint density at radius 1 is 1.32 bits per heavy atom. The quantitative estimate of drug-likeness (QED) is 0.753. The zero-order valence-corrected chi connectivity index (χ0v) is 14.4. The molecular weight excluding hydrogens is 324 g/mol. The monoisotopic (exact) mass is 346 g/mol. The number of anilines is 1. The smallest absolute Gasteiger partial charge is 0.257 e. The molecule has 0 aromatic heterocycles. The van der Waals surface area contributed by atoms with E-state index >= 15 is 0 Å². The summed E-state index contributed by atoms with van der Waals surface area (Å²) in [5, 5.41) is 0. The fourth-order valence-corrected chi connectivity index (χ4v) is 3.34. The predicted molar refractivity (Wildman–Crippen MR) is 90.3 cm³/mol. The number of ether oxygens (including phenoxy) is 2. The summed E-state index contributed by atoms with van der Waals surface area (Å²) in [6, 6.07) is 5.94. The first kappa shape index (κ1) is 17.4. The van der Waals surface area contributed by atoms with Crippen LogP contribution in [0.3, 0.4) is 0 Å². The number of carbonyl (C=O) groups excluding carboxylic acids is 3. The Morgan fingerprint density at radius 2 is 2.04 bits per heavy atom. The van der Waals surface area contributed by atoms with E-state index in [0.717, 1.165) is 17.7 Å². The Bertz CT molecular complexity index is 667. The highest BCUT2D eigenvalue weighted by Gasteiger charge is 2.44. The minimum absolute atomic E-state index is 0.00281. The van der Waals surface area contributed by atoms with E-state index in [4.69, 9.17) is 9.47 Å². The maximum absolute atomic E-state index is 12.8. The van der Waals surface area contributed by atoms with Gasteiger partial charge < -0.3 is 14.4 Å². The van der Waals surface area contributed by atoms with Gasteiger partial charge in [0.05, 0.1) is 25.3 Å². The Labute approximate surface area is 146 Å². The second-order valence-corrected chi connectivity index (χ2v) is 6.29. The number of benzene rings is 1. The molecule has 2 saturated heterocycles. The van der Waals surface area contributed by atoms with Crippen LogP contribution in [0.25, 0.3) is 0 Å². The van der Waals surface area contributed by atoms with Gasteiger partial charge in [0.25, 0.3) is 5.91 Å². The lowest BCUT2D eigenvalue weighted by Gasteiger charge is -2.28. The van der Waals surface area contributed by atoms with Gasteiger partial charge in [0.2, 0.25) is 11.8 Å². The van der Waals surface area contributed by atoms with Crippen molar-refractivity contribution in [3.05, 3.63) is 24.3 Å². The van der Waals surface area contributed by atoms with Crippen LogP contribution in [0.5, 0.6) is 5.75 Å². The van der Waals surface area contributed by atoms with Crippen LogP contribution in [-0.4, -0.2) is 55.0 Å². The Morgan fingerprint density at radius 3 is 2.60 bits per heavy atom. The van der Waals surface area contributed by atoms with Crippen LogP contribution in [0.1, 0.15) is 26.2 Å². The van der Waals surface area contributed by atoms with E-state index in [1.54, 1.807) is 31.4 Å². The fraction of sp³-hybridized carbons (Fsp3) is 0.500. The highest BCUT2D eigenvalue weighted by molar-refractivity contribution is 6.23. The lowest BCUT2D eigenvalue weighted by molar-refractivity contribution is -0.138. The van der Waals surface area contributed by atoms with Crippen LogP contribution in [-0.2, 0) is 19.1 Å². The van der Waals surface area contributed by atoms with Crippen LogP contribution in [0.4, 0.5) is 5.69 Å². The maximum atomic E-state index is 12.8. The van der Waals surface area contributed by atoms with E-state index < -0.39 is 6.04 Å². The number of methoxy groups -OCH3 is 1. The molecule has 3 amide bonds. The minimum atomic E-state index is -0.767. The molecule has 2 unspecified atom stereocenters. The second-order valence-electron chi connectivity index (χ2n) is 6.29. The summed E-state index contributed by atoms with van der Waals surface area (Å²) >= 11 is 0. The van der Waals surface area contributed by atoms with E-state index in [0.29, 0.717) is 24.6 Å². The molecule has 3 rings (SSSR count). The van der Waals surface area contributed by atoms with Gasteiger partial charge in [-0.25, -0.2) is 4.90 Å². The summed E-state index contributed by atoms with van der Waals surface area (Å²) < 4.78 is 10.7. The summed E-state index contributed by atoms with van der Waals surface area (Å²) in [5.41, 5.74) is 0.485. The molecule has 2 atom stereocenters. The fourth-order valence-electron chi connectivity index (χ4n) is 3.34. The molecule has 7 heteroatoms. The van der Waals surface area contributed by atoms with E-state index in [1.807, 2.05) is 0 Å². The SMILES string of the molecule is COc1ccc(N2C(=O)CC(N(CC3CCCO3)C(C)=O)C2=O)cc1. The third-order valence-electron chi connectivity index (χ3n) is 4.66. The normalized spacial score (nSPS) is 23.2. The highest BCUT2D eigenvalue weighted by Crippen LogP contribution is 2.28. The Hall–Kier alpha value is -2.41. The Balaban J connectivity index is 1.79. The molecule has 0 radical (unpaired) electrons. The molecule has 0 N–H and O–H groups in total. The minimum Gasteiger partial charge on any atom is -0.497 e. The molecule has 1 aromatic rings. The number of nitrogens with zero attached hydrogens (tertiary/aromatic N) is 2. The van der Waals surface area contributed by atoms with Gasteiger partial charge in [-0.3, -0.25) is 14.4 Å². The van der Waals surface area contributed by atoms with Crippen molar-refractivity contribution in [2.24, 2.45) is 0 Å². The number of imide groups is 1. The molecule has 0 bridgehead atoms. The molecular formula is C18H22N2O5. The first-order valence-electron chi connectivity index (χ1n) is 8.41. The summed E-state index contributed by atoms with van der Waals surface area (Å²) in [4.78, 5) is 39.9. The number of rotatable bonds is 5. The third kappa shape index (κ3) is 3.51. The number of amides is 3. The molecule has 25 heavy (non-hydrogen) atoms. The molecule has 2 fully saturated rings. The van der Waals surface area contributed by atoms with Gasteiger partial charge in [0, 0.05) is 20.1 Å². The van der Waals surface area contributed by atoms with Gasteiger partial charge in [-0.2, -0.15) is 0 Å². The van der Waals surface area contributed by atoms with Gasteiger partial charge in [-0.15, -0.1) is 0 Å². The van der Waals surface area contributed by atoms with E-state index in [1.165, 1.54) is 11.8 Å². The van der Waals surface area contributed by atoms with E-state index in [2.05, 4.69) is 0 Å². The van der Waals surface area contributed by atoms with Crippen molar-refractivity contribution in [2.75, 3.05) is 25.2 Å². The zero-order chi connectivity index (χ0) is 18.0. The second kappa shape index (κ2) is 7.23. The van der Waals surface area contributed by atoms with Gasteiger partial charge >= 0.3 is 0 Å². The molecule has 7 nitrogen and oxygen atoms in total. The molecule has 0 saturated carbocycles. The molecule has 2 heterocycles. The predicted octanol–water partition coefficient (Wildman–Crippen LogP) is 1.35. The maximum Gasteiger partial charge on any atom is 0.257 e. The number of hydrogen-bond donors (Lipinski definition) is 0. The number of carbonyl (C=O) groups is 3. The first-order valence-corrected chi connectivity index (χ1v) is 8.41. The summed E-state index contributed by atoms with van der Waals surface area (Å²) in [6.45, 7) is 2.43. The van der Waals surface area contributed by atoms with Gasteiger partial charge in [-0.05, 0) is 37.1 Å². The van der Waals surface area contributed by atoms with Crippen LogP contribution in [0, 0.1) is 0 Å². The summed E-state index contributed by atoms with van der Waals surface area (Å²) in [6.07, 6.45) is 1.74. The lowest BCUT2D eigenvalue weighted by atomic mass is 10.1. The lowest BCUT2D eigenvalue weighted by Crippen LogP contribution is -2.47. The van der Waals surface area contributed by atoms with Gasteiger partial charge in [0.1, 0.15) is 11.8 Å². The average Bonchev–Trinajstić information content (AvgIpc) is 3.20. The molecule has 1 aromatic carbocycles. The van der Waals surface area contributed by atoms with Crippen molar-refractivity contribution < 1.29 is 23.9 Å². The van der Waals surface area contributed by atoms with E-state index in [9.17, 15) is 14.4 Å². The highest BCUT2D eigenvalue weighted by atomic mass is 16.5. The van der Waals surface area contributed by atoms with Crippen LogP contribution < -0.4 is 9.64 Å². The zero-order valence-electron chi connectivity index (χ0n) is 14.4. The number of hydrogen-bond acceptors (Lipinski definition) is 5. The van der Waals surface area contributed by atoms with Crippen molar-refractivity contribution in [3.63, 3.8) is 0 Å². The van der Waals surface area contributed by atoms with Crippen LogP contribution in [0.15, 0.2) is 24.3 Å². The van der Waals surface area contributed by atoms with E-state index in [-0.39, 0.29) is 30.2 Å². The molecule has 134 valence electrons. The van der Waals surface area contributed by atoms with Crippen molar-refractivity contribution in [1.82, 2.24) is 4.90 Å². The van der Waals surface area contributed by atoms with Crippen molar-refractivity contribution in [1.29, 1.82) is 0 Å². The summed E-state index contributed by atoms with van der Waals surface area (Å²) in [5.74, 6) is -0.261. The summed E-state index contributed by atoms with van der Waals surface area (Å²) in [7, 11) is 1.55. The van der Waals surface area contributed by atoms with Crippen LogP contribution in [0.2, 0.25) is 0 Å². The average molecular weight is 346 g/mol. The van der Waals surface area contributed by atoms with Gasteiger partial charge in [-0.1, -0.05) is 0 Å². The van der Waals surface area contributed by atoms with Crippen molar-refractivity contribution >= 4 is 23.4 Å². The molecule has 2 aliphatic heterocycles. The van der Waals surface area contributed by atoms with Crippen molar-refractivity contribution in [2.45, 2.75) is 38.3 Å². The van der Waals surface area contributed by atoms with Gasteiger partial charge in [0.15, 0.2) is 0 Å². The standard InChI is InChI=1S/C18H22N2O5/c1-12(21)19(11-15-4-3-9-25-15)16-10-17(22)20(18(16)23)13-5-7-14(24-2)8-6-13/h5-8,15-16H,3-4,9-11H2,1-2H3. The third-order valence-corrected chi connectivity index (χ3v) is 4.66. The van der Waals surface area contributed by atoms with Crippen molar-refractivity contribution in [3.8, 4) is 5.75 Å².